The van der Waals surface area contributed by atoms with Crippen LogP contribution in [0.4, 0.5) is 29.6 Å². The molecule has 2 amide bonds. The number of benzene rings is 1. The number of carbonyl (C=O) groups excluding carboxylic acids is 1. The average Bonchev–Trinajstić information content (AvgIpc) is 3.32. The van der Waals surface area contributed by atoms with E-state index in [-0.39, 0.29) is 30.1 Å². The number of hydrogen-bond donors (Lipinski definition) is 3. The topological polar surface area (TPSA) is 85.9 Å². The van der Waals surface area contributed by atoms with Gasteiger partial charge in [-0.25, -0.2) is 9.78 Å². The highest BCUT2D eigenvalue weighted by Gasteiger charge is 2.46. The van der Waals surface area contributed by atoms with E-state index in [0.717, 1.165) is 29.8 Å². The van der Waals surface area contributed by atoms with Crippen molar-refractivity contribution in [3.8, 4) is 0 Å². The van der Waals surface area contributed by atoms with Crippen LogP contribution in [0.25, 0.3) is 0 Å². The Morgan fingerprint density at radius 3 is 2.65 bits per heavy atom. The molecule has 5 rings (SSSR count). The molecule has 3 aromatic rings. The minimum atomic E-state index is -4.48. The first-order chi connectivity index (χ1) is 16.0. The van der Waals surface area contributed by atoms with Gasteiger partial charge in [-0.15, -0.1) is 0 Å². The second kappa shape index (κ2) is 7.75. The van der Waals surface area contributed by atoms with E-state index in [2.05, 4.69) is 37.9 Å². The van der Waals surface area contributed by atoms with Gasteiger partial charge < -0.3 is 15.5 Å². The predicted octanol–water partition coefficient (Wildman–Crippen LogP) is 5.19. The highest BCUT2D eigenvalue weighted by atomic mass is 19.4. The van der Waals surface area contributed by atoms with Crippen LogP contribution in [-0.4, -0.2) is 32.2 Å². The molecular weight excluding hydrogens is 445 g/mol. The van der Waals surface area contributed by atoms with Crippen LogP contribution in [0.2, 0.25) is 0 Å². The molecule has 10 heteroatoms. The number of urea groups is 1. The molecule has 3 heterocycles. The first kappa shape index (κ1) is 22.2. The molecule has 1 aliphatic carbocycles. The molecule has 2 atom stereocenters. The molecule has 1 fully saturated rings. The van der Waals surface area contributed by atoms with Crippen molar-refractivity contribution in [1.29, 1.82) is 0 Å². The van der Waals surface area contributed by atoms with Crippen molar-refractivity contribution in [2.45, 2.75) is 57.4 Å². The van der Waals surface area contributed by atoms with E-state index in [4.69, 9.17) is 0 Å². The molecule has 1 aromatic carbocycles. The number of amides is 2. The van der Waals surface area contributed by atoms with Gasteiger partial charge in [0.2, 0.25) is 0 Å². The molecule has 3 N–H and O–H groups in total. The summed E-state index contributed by atoms with van der Waals surface area (Å²) in [6.07, 6.45) is -3.58. The van der Waals surface area contributed by atoms with Crippen LogP contribution in [0.1, 0.15) is 54.3 Å². The minimum Gasteiger partial charge on any atom is -0.335 e. The number of aryl methyl sites for hydroxylation is 1. The number of anilines is 2. The largest absolute Gasteiger partial charge is 0.416 e. The number of carbonyl (C=O) groups is 1. The SMILES string of the molecule is Cc1cc(C(F)(F)F)cc(Nc2n[nH]c3c2CN(C(=O)NC2C[C@@H]2c2ccccc2)C3(C)C)n1. The smallest absolute Gasteiger partial charge is 0.335 e. The zero-order valence-electron chi connectivity index (χ0n) is 19.0. The van der Waals surface area contributed by atoms with Gasteiger partial charge >= 0.3 is 12.2 Å². The van der Waals surface area contributed by atoms with E-state index in [9.17, 15) is 18.0 Å². The standard InChI is InChI=1S/C24H25F3N6O/c1-13-9-15(24(25,26)27)10-19(28-13)30-21-17-12-33(23(2,3)20(17)31-32-21)22(34)29-18-11-16(18)14-7-5-4-6-8-14/h4-10,16,18H,11-12H2,1-3H3,(H,29,34)(H2,28,30,31,32)/t16-,18?/m1/s1. The van der Waals surface area contributed by atoms with Crippen LogP contribution in [-0.2, 0) is 18.3 Å². The van der Waals surface area contributed by atoms with Crippen molar-refractivity contribution < 1.29 is 18.0 Å². The predicted molar refractivity (Wildman–Crippen MR) is 121 cm³/mol. The minimum absolute atomic E-state index is 0.0472. The quantitative estimate of drug-likeness (QED) is 0.490. The summed E-state index contributed by atoms with van der Waals surface area (Å²) >= 11 is 0. The number of nitrogens with one attached hydrogen (secondary N) is 3. The van der Waals surface area contributed by atoms with E-state index in [1.807, 2.05) is 32.0 Å². The molecular formula is C24H25F3N6O. The molecule has 1 aliphatic heterocycles. The number of aromatic nitrogens is 3. The van der Waals surface area contributed by atoms with Gasteiger partial charge in [0.25, 0.3) is 0 Å². The summed E-state index contributed by atoms with van der Waals surface area (Å²) < 4.78 is 39.6. The van der Waals surface area contributed by atoms with Gasteiger partial charge in [-0.2, -0.15) is 18.3 Å². The Kier molecular flexibility index (Phi) is 5.07. The van der Waals surface area contributed by atoms with Crippen molar-refractivity contribution in [1.82, 2.24) is 25.4 Å². The Balaban J connectivity index is 1.32. The second-order valence-electron chi connectivity index (χ2n) is 9.38. The van der Waals surface area contributed by atoms with Crippen molar-refractivity contribution in [3.63, 3.8) is 0 Å². The fourth-order valence-electron chi connectivity index (χ4n) is 4.62. The van der Waals surface area contributed by atoms with Gasteiger partial charge in [0.15, 0.2) is 5.82 Å². The molecule has 1 saturated carbocycles. The van der Waals surface area contributed by atoms with Crippen LogP contribution in [0.3, 0.4) is 0 Å². The number of halogens is 3. The number of alkyl halides is 3. The number of aromatic amines is 1. The first-order valence-corrected chi connectivity index (χ1v) is 11.1. The van der Waals surface area contributed by atoms with Crippen LogP contribution >= 0.6 is 0 Å². The molecule has 0 radical (unpaired) electrons. The summed E-state index contributed by atoms with van der Waals surface area (Å²) in [6.45, 7) is 5.60. The molecule has 7 nitrogen and oxygen atoms in total. The van der Waals surface area contributed by atoms with Gasteiger partial charge in [0, 0.05) is 23.2 Å². The highest BCUT2D eigenvalue weighted by molar-refractivity contribution is 5.78. The van der Waals surface area contributed by atoms with Gasteiger partial charge in [-0.3, -0.25) is 5.10 Å². The molecule has 0 spiro atoms. The fraction of sp³-hybridized carbons (Fsp3) is 0.375. The van der Waals surface area contributed by atoms with E-state index >= 15 is 0 Å². The lowest BCUT2D eigenvalue weighted by Gasteiger charge is -2.32. The third-order valence-corrected chi connectivity index (χ3v) is 6.57. The average molecular weight is 470 g/mol. The second-order valence-corrected chi connectivity index (χ2v) is 9.38. The van der Waals surface area contributed by atoms with Crippen molar-refractivity contribution in [2.24, 2.45) is 0 Å². The normalized spacial score (nSPS) is 20.7. The lowest BCUT2D eigenvalue weighted by atomic mass is 10.0. The van der Waals surface area contributed by atoms with Crippen molar-refractivity contribution >= 4 is 17.7 Å². The lowest BCUT2D eigenvalue weighted by Crippen LogP contribution is -2.47. The summed E-state index contributed by atoms with van der Waals surface area (Å²) in [6, 6.07) is 11.9. The zero-order chi connectivity index (χ0) is 24.3. The van der Waals surface area contributed by atoms with Gasteiger partial charge in [-0.05, 0) is 44.9 Å². The third kappa shape index (κ3) is 3.97. The Morgan fingerprint density at radius 2 is 1.94 bits per heavy atom. The summed E-state index contributed by atoms with van der Waals surface area (Å²) in [5, 5.41) is 13.2. The Labute approximate surface area is 194 Å². The van der Waals surface area contributed by atoms with Crippen LogP contribution < -0.4 is 10.6 Å². The van der Waals surface area contributed by atoms with E-state index < -0.39 is 17.3 Å². The Morgan fingerprint density at radius 1 is 1.21 bits per heavy atom. The van der Waals surface area contributed by atoms with Crippen molar-refractivity contribution in [2.75, 3.05) is 5.32 Å². The number of hydrogen-bond acceptors (Lipinski definition) is 4. The summed E-state index contributed by atoms with van der Waals surface area (Å²) in [5.74, 6) is 0.715. The monoisotopic (exact) mass is 470 g/mol. The van der Waals surface area contributed by atoms with Gasteiger partial charge in [0.1, 0.15) is 5.82 Å². The molecule has 178 valence electrons. The fourth-order valence-corrected chi connectivity index (χ4v) is 4.62. The number of pyridine rings is 1. The first-order valence-electron chi connectivity index (χ1n) is 11.1. The molecule has 0 saturated heterocycles. The number of rotatable bonds is 4. The molecule has 34 heavy (non-hydrogen) atoms. The van der Waals surface area contributed by atoms with E-state index in [1.54, 1.807) is 4.90 Å². The maximum Gasteiger partial charge on any atom is 0.416 e. The maximum atomic E-state index is 13.2. The highest BCUT2D eigenvalue weighted by Crippen LogP contribution is 2.44. The maximum absolute atomic E-state index is 13.2. The van der Waals surface area contributed by atoms with Crippen molar-refractivity contribution in [3.05, 3.63) is 70.5 Å². The Bertz CT molecular complexity index is 1240. The van der Waals surface area contributed by atoms with Crippen LogP contribution in [0.5, 0.6) is 0 Å². The van der Waals surface area contributed by atoms with E-state index in [0.29, 0.717) is 11.7 Å². The summed E-state index contributed by atoms with van der Waals surface area (Å²) in [7, 11) is 0. The molecule has 0 bridgehead atoms. The summed E-state index contributed by atoms with van der Waals surface area (Å²) in [4.78, 5) is 19.0. The number of H-pyrrole nitrogens is 1. The van der Waals surface area contributed by atoms with Gasteiger partial charge in [0.05, 0.1) is 23.3 Å². The number of fused-ring (bicyclic) bond motifs is 1. The summed E-state index contributed by atoms with van der Waals surface area (Å²) in [5.41, 5.74) is 1.47. The van der Waals surface area contributed by atoms with E-state index in [1.165, 1.54) is 12.5 Å². The molecule has 2 aromatic heterocycles. The van der Waals surface area contributed by atoms with Crippen LogP contribution in [0, 0.1) is 6.92 Å². The third-order valence-electron chi connectivity index (χ3n) is 6.57. The Hall–Kier alpha value is -3.56. The lowest BCUT2D eigenvalue weighted by molar-refractivity contribution is -0.137. The van der Waals surface area contributed by atoms with Crippen LogP contribution in [0.15, 0.2) is 42.5 Å². The zero-order valence-corrected chi connectivity index (χ0v) is 19.0. The molecule has 1 unspecified atom stereocenters. The number of nitrogens with zero attached hydrogens (tertiary/aromatic N) is 3. The molecule has 2 aliphatic rings. The van der Waals surface area contributed by atoms with Gasteiger partial charge in [-0.1, -0.05) is 30.3 Å².